The zero-order valence-electron chi connectivity index (χ0n) is 15.4. The number of oxime groups is 1. The highest BCUT2D eigenvalue weighted by Gasteiger charge is 2.20. The summed E-state index contributed by atoms with van der Waals surface area (Å²) in [5.74, 6) is -0.169. The lowest BCUT2D eigenvalue weighted by molar-refractivity contribution is 0.0960. The van der Waals surface area contributed by atoms with Gasteiger partial charge in [0.1, 0.15) is 16.2 Å². The molecule has 0 saturated heterocycles. The summed E-state index contributed by atoms with van der Waals surface area (Å²) in [6, 6.07) is 10.8. The van der Waals surface area contributed by atoms with Crippen LogP contribution in [0.15, 0.2) is 53.9 Å². The molecule has 0 atom stereocenters. The third-order valence-corrected chi connectivity index (χ3v) is 5.23. The summed E-state index contributed by atoms with van der Waals surface area (Å²) < 4.78 is 1.72. The Bertz CT molecular complexity index is 1200. The van der Waals surface area contributed by atoms with Crippen molar-refractivity contribution in [2.45, 2.75) is 6.92 Å². The Kier molecular flexibility index (Phi) is 4.92. The Morgan fingerprint density at radius 2 is 2.10 bits per heavy atom. The molecule has 0 fully saturated rings. The molecule has 0 radical (unpaired) electrons. The lowest BCUT2D eigenvalue weighted by Gasteiger charge is -2.08. The number of aromatic nitrogens is 4. The minimum absolute atomic E-state index is 0.0334. The molecule has 3 aromatic heterocycles. The van der Waals surface area contributed by atoms with Gasteiger partial charge in [0.2, 0.25) is 5.95 Å². The van der Waals surface area contributed by atoms with Gasteiger partial charge < -0.3 is 16.3 Å². The molecule has 0 unspecified atom stereocenters. The van der Waals surface area contributed by atoms with Crippen LogP contribution in [0.3, 0.4) is 0 Å². The first-order valence-electron chi connectivity index (χ1n) is 8.79. The highest BCUT2D eigenvalue weighted by atomic mass is 32.1. The van der Waals surface area contributed by atoms with E-state index in [9.17, 15) is 10.0 Å². The van der Waals surface area contributed by atoms with Gasteiger partial charge in [-0.3, -0.25) is 4.79 Å². The van der Waals surface area contributed by atoms with E-state index in [2.05, 4.69) is 25.5 Å². The van der Waals surface area contributed by atoms with Gasteiger partial charge >= 0.3 is 0 Å². The molecule has 0 bridgehead atoms. The third kappa shape index (κ3) is 3.52. The number of hydrogen-bond donors (Lipinski definition) is 3. The lowest BCUT2D eigenvalue weighted by atomic mass is 10.0. The van der Waals surface area contributed by atoms with Crippen molar-refractivity contribution in [2.24, 2.45) is 5.16 Å². The van der Waals surface area contributed by atoms with Crippen molar-refractivity contribution in [2.75, 3.05) is 12.3 Å². The highest BCUT2D eigenvalue weighted by Crippen LogP contribution is 2.28. The number of hydrogen-bond acceptors (Lipinski definition) is 8. The van der Waals surface area contributed by atoms with Gasteiger partial charge in [0.15, 0.2) is 0 Å². The molecule has 3 heterocycles. The zero-order chi connectivity index (χ0) is 20.4. The second-order valence-corrected chi connectivity index (χ2v) is 7.10. The SMILES string of the molecule is CCNC(=O)c1cc2c(C(=NO)c3ccc(-n4cccn4)cc3)nc(N)nc2s1. The molecule has 4 rings (SSSR count). The summed E-state index contributed by atoms with van der Waals surface area (Å²) in [5.41, 5.74) is 7.94. The van der Waals surface area contributed by atoms with Crippen molar-refractivity contribution in [3.63, 3.8) is 0 Å². The number of thiophene rings is 1. The number of rotatable bonds is 5. The Morgan fingerprint density at radius 1 is 1.31 bits per heavy atom. The summed E-state index contributed by atoms with van der Waals surface area (Å²) in [6.07, 6.45) is 3.52. The van der Waals surface area contributed by atoms with E-state index in [0.717, 1.165) is 5.69 Å². The van der Waals surface area contributed by atoms with Crippen LogP contribution in [0.5, 0.6) is 0 Å². The average Bonchev–Trinajstić information content (AvgIpc) is 3.39. The molecule has 4 aromatic rings. The van der Waals surface area contributed by atoms with Crippen LogP contribution in [-0.4, -0.2) is 43.1 Å². The van der Waals surface area contributed by atoms with E-state index in [4.69, 9.17) is 5.73 Å². The molecule has 0 aliphatic heterocycles. The number of benzene rings is 1. The summed E-state index contributed by atoms with van der Waals surface area (Å²) in [7, 11) is 0. The first kappa shape index (κ1) is 18.6. The number of carbonyl (C=O) groups is 1. The summed E-state index contributed by atoms with van der Waals surface area (Å²) in [6.45, 7) is 2.36. The molecule has 1 amide bonds. The van der Waals surface area contributed by atoms with Crippen molar-refractivity contribution in [1.82, 2.24) is 25.1 Å². The number of amides is 1. The molecule has 4 N–H and O–H groups in total. The summed E-state index contributed by atoms with van der Waals surface area (Å²) >= 11 is 1.21. The van der Waals surface area contributed by atoms with Crippen LogP contribution >= 0.6 is 11.3 Å². The summed E-state index contributed by atoms with van der Waals surface area (Å²) in [4.78, 5) is 21.7. The van der Waals surface area contributed by atoms with Gasteiger partial charge in [0, 0.05) is 29.9 Å². The van der Waals surface area contributed by atoms with Gasteiger partial charge in [0.05, 0.1) is 10.6 Å². The quantitative estimate of drug-likeness (QED) is 0.264. The van der Waals surface area contributed by atoms with E-state index in [1.54, 1.807) is 29.1 Å². The van der Waals surface area contributed by atoms with E-state index in [-0.39, 0.29) is 17.6 Å². The van der Waals surface area contributed by atoms with Crippen molar-refractivity contribution in [3.8, 4) is 5.69 Å². The Labute approximate surface area is 169 Å². The Hall–Kier alpha value is -3.79. The van der Waals surface area contributed by atoms with Crippen LogP contribution in [0.25, 0.3) is 15.9 Å². The van der Waals surface area contributed by atoms with Crippen LogP contribution in [0.2, 0.25) is 0 Å². The third-order valence-electron chi connectivity index (χ3n) is 4.21. The molecule has 146 valence electrons. The fourth-order valence-electron chi connectivity index (χ4n) is 2.91. The van der Waals surface area contributed by atoms with Crippen LogP contribution in [0, 0.1) is 0 Å². The average molecular weight is 407 g/mol. The number of anilines is 1. The van der Waals surface area contributed by atoms with Crippen LogP contribution in [0.4, 0.5) is 5.95 Å². The van der Waals surface area contributed by atoms with Gasteiger partial charge in [-0.15, -0.1) is 11.3 Å². The number of carbonyl (C=O) groups excluding carboxylic acids is 1. The Balaban J connectivity index is 1.78. The number of fused-ring (bicyclic) bond motifs is 1. The zero-order valence-corrected chi connectivity index (χ0v) is 16.2. The van der Waals surface area contributed by atoms with Crippen LogP contribution in [0.1, 0.15) is 27.9 Å². The maximum absolute atomic E-state index is 12.2. The minimum Gasteiger partial charge on any atom is -0.410 e. The second kappa shape index (κ2) is 7.68. The first-order chi connectivity index (χ1) is 14.1. The predicted molar refractivity (Wildman–Crippen MR) is 111 cm³/mol. The fraction of sp³-hybridized carbons (Fsp3) is 0.105. The van der Waals surface area contributed by atoms with E-state index < -0.39 is 0 Å². The van der Waals surface area contributed by atoms with E-state index in [1.807, 2.05) is 31.3 Å². The smallest absolute Gasteiger partial charge is 0.261 e. The van der Waals surface area contributed by atoms with Crippen LogP contribution in [-0.2, 0) is 0 Å². The van der Waals surface area contributed by atoms with Crippen molar-refractivity contribution >= 4 is 39.1 Å². The van der Waals surface area contributed by atoms with Gasteiger partial charge in [-0.25, -0.2) is 14.6 Å². The molecule has 1 aromatic carbocycles. The van der Waals surface area contributed by atoms with E-state index >= 15 is 0 Å². The standard InChI is InChI=1S/C19H17N7O2S/c1-2-21-17(27)14-10-13-16(23-19(20)24-18(13)29-14)15(25-28)11-4-6-12(7-5-11)26-9-3-8-22-26/h3-10,28H,2H2,1H3,(H,21,27)(H2,20,23,24). The monoisotopic (exact) mass is 407 g/mol. The number of nitrogens with zero attached hydrogens (tertiary/aromatic N) is 5. The normalized spacial score (nSPS) is 11.7. The van der Waals surface area contributed by atoms with Gasteiger partial charge in [0.25, 0.3) is 5.91 Å². The van der Waals surface area contributed by atoms with Gasteiger partial charge in [-0.2, -0.15) is 5.10 Å². The predicted octanol–water partition coefficient (Wildman–Crippen LogP) is 2.44. The molecule has 0 saturated carbocycles. The molecular formula is C19H17N7O2S. The highest BCUT2D eigenvalue weighted by molar-refractivity contribution is 7.20. The molecule has 0 aliphatic carbocycles. The number of nitrogen functional groups attached to an aromatic ring is 1. The largest absolute Gasteiger partial charge is 0.410 e. The molecular weight excluding hydrogens is 390 g/mol. The van der Waals surface area contributed by atoms with Gasteiger partial charge in [-0.05, 0) is 31.2 Å². The molecule has 10 heteroatoms. The van der Waals surface area contributed by atoms with E-state index in [1.165, 1.54) is 11.3 Å². The van der Waals surface area contributed by atoms with Crippen LogP contribution < -0.4 is 11.1 Å². The number of nitrogens with one attached hydrogen (secondary N) is 1. The minimum atomic E-state index is -0.203. The fourth-order valence-corrected chi connectivity index (χ4v) is 3.87. The molecule has 29 heavy (non-hydrogen) atoms. The van der Waals surface area contributed by atoms with Crippen molar-refractivity contribution < 1.29 is 10.0 Å². The first-order valence-corrected chi connectivity index (χ1v) is 9.60. The number of nitrogens with two attached hydrogens (primary N) is 1. The maximum atomic E-state index is 12.2. The van der Waals surface area contributed by atoms with Gasteiger partial charge in [-0.1, -0.05) is 17.3 Å². The van der Waals surface area contributed by atoms with E-state index in [0.29, 0.717) is 32.9 Å². The maximum Gasteiger partial charge on any atom is 0.261 e. The molecule has 0 spiro atoms. The lowest BCUT2D eigenvalue weighted by Crippen LogP contribution is -2.21. The van der Waals surface area contributed by atoms with Crippen molar-refractivity contribution in [1.29, 1.82) is 0 Å². The van der Waals surface area contributed by atoms with Crippen molar-refractivity contribution in [3.05, 3.63) is 64.9 Å². The molecule has 9 nitrogen and oxygen atoms in total. The topological polar surface area (TPSA) is 131 Å². The Morgan fingerprint density at radius 3 is 2.76 bits per heavy atom. The summed E-state index contributed by atoms with van der Waals surface area (Å²) in [5, 5.41) is 20.7. The molecule has 0 aliphatic rings. The second-order valence-electron chi connectivity index (χ2n) is 6.07.